The van der Waals surface area contributed by atoms with Crippen molar-refractivity contribution in [2.24, 2.45) is 0 Å². The quantitative estimate of drug-likeness (QED) is 0.926. The summed E-state index contributed by atoms with van der Waals surface area (Å²) in [5.74, 6) is 0.975. The summed E-state index contributed by atoms with van der Waals surface area (Å²) in [7, 11) is 2.09. The first kappa shape index (κ1) is 16.0. The normalized spacial score (nSPS) is 18.2. The molecule has 0 atom stereocenters. The van der Waals surface area contributed by atoms with Crippen LogP contribution in [0.3, 0.4) is 0 Å². The fourth-order valence-electron chi connectivity index (χ4n) is 3.01. The van der Waals surface area contributed by atoms with Crippen LogP contribution in [-0.2, 0) is 0 Å². The van der Waals surface area contributed by atoms with E-state index in [9.17, 15) is 4.79 Å². The Morgan fingerprint density at radius 3 is 2.48 bits per heavy atom. The van der Waals surface area contributed by atoms with Crippen molar-refractivity contribution in [2.75, 3.05) is 38.5 Å². The topological polar surface area (TPSA) is 61.4 Å². The number of rotatable bonds is 4. The van der Waals surface area contributed by atoms with Crippen LogP contribution in [0.25, 0.3) is 11.3 Å². The molecule has 1 aliphatic heterocycles. The molecule has 2 heterocycles. The van der Waals surface area contributed by atoms with Crippen molar-refractivity contribution in [3.05, 3.63) is 42.2 Å². The van der Waals surface area contributed by atoms with Crippen molar-refractivity contribution in [3.8, 4) is 11.3 Å². The number of amides is 1. The highest BCUT2D eigenvalue weighted by Gasteiger charge is 2.22. The van der Waals surface area contributed by atoms with E-state index in [0.717, 1.165) is 48.8 Å². The van der Waals surface area contributed by atoms with Gasteiger partial charge >= 0.3 is 0 Å². The molecule has 0 unspecified atom stereocenters. The van der Waals surface area contributed by atoms with Crippen molar-refractivity contribution >= 4 is 11.7 Å². The van der Waals surface area contributed by atoms with Crippen LogP contribution in [0.4, 0.5) is 5.82 Å². The molecule has 1 N–H and O–H groups in total. The lowest BCUT2D eigenvalue weighted by atomic mass is 10.1. The first-order valence-electron chi connectivity index (χ1n) is 8.86. The molecule has 6 heteroatoms. The highest BCUT2D eigenvalue weighted by atomic mass is 16.2. The van der Waals surface area contributed by atoms with Crippen molar-refractivity contribution in [1.82, 2.24) is 19.8 Å². The summed E-state index contributed by atoms with van der Waals surface area (Å²) in [6.07, 6.45) is 4.01. The Labute approximate surface area is 147 Å². The Bertz CT molecular complexity index is 749. The van der Waals surface area contributed by atoms with Crippen LogP contribution in [0.15, 0.2) is 36.7 Å². The molecule has 25 heavy (non-hydrogen) atoms. The van der Waals surface area contributed by atoms with E-state index in [1.165, 1.54) is 12.8 Å². The zero-order chi connectivity index (χ0) is 17.2. The summed E-state index contributed by atoms with van der Waals surface area (Å²) in [5, 5.41) is 3.39. The zero-order valence-electron chi connectivity index (χ0n) is 14.5. The van der Waals surface area contributed by atoms with E-state index >= 15 is 0 Å². The summed E-state index contributed by atoms with van der Waals surface area (Å²) in [5.41, 5.74) is 2.60. The third-order valence-electron chi connectivity index (χ3n) is 4.81. The number of benzene rings is 1. The second-order valence-electron chi connectivity index (χ2n) is 6.88. The third-order valence-corrected chi connectivity index (χ3v) is 4.81. The molecular formula is C19H23N5O. The van der Waals surface area contributed by atoms with E-state index in [1.54, 1.807) is 6.33 Å². The number of likely N-dealkylation sites (N-methyl/N-ethyl adjacent to an activating group) is 1. The average Bonchev–Trinajstić information content (AvgIpc) is 3.46. The molecule has 4 rings (SSSR count). The molecule has 2 aliphatic rings. The smallest absolute Gasteiger partial charge is 0.253 e. The summed E-state index contributed by atoms with van der Waals surface area (Å²) in [4.78, 5) is 25.4. The highest BCUT2D eigenvalue weighted by Crippen LogP contribution is 2.25. The number of aromatic nitrogens is 2. The Balaban J connectivity index is 1.47. The lowest BCUT2D eigenvalue weighted by Crippen LogP contribution is -2.47. The Morgan fingerprint density at radius 1 is 1.08 bits per heavy atom. The maximum Gasteiger partial charge on any atom is 0.253 e. The number of hydrogen-bond donors (Lipinski definition) is 1. The van der Waals surface area contributed by atoms with Gasteiger partial charge < -0.3 is 15.1 Å². The van der Waals surface area contributed by atoms with Gasteiger partial charge in [-0.25, -0.2) is 9.97 Å². The van der Waals surface area contributed by atoms with Gasteiger partial charge in [0.2, 0.25) is 0 Å². The standard InChI is InChI=1S/C19H23N5O/c1-23-8-10-24(11-9-23)19(25)15-4-2-14(3-5-15)17-12-18(21-13-20-17)22-16-6-7-16/h2-5,12-13,16H,6-11H2,1H3,(H,20,21,22). The lowest BCUT2D eigenvalue weighted by Gasteiger charge is -2.32. The minimum atomic E-state index is 0.110. The molecule has 1 aromatic carbocycles. The Morgan fingerprint density at radius 2 is 1.80 bits per heavy atom. The fourth-order valence-corrected chi connectivity index (χ4v) is 3.01. The number of carbonyl (C=O) groups is 1. The van der Waals surface area contributed by atoms with Gasteiger partial charge in [-0.3, -0.25) is 4.79 Å². The van der Waals surface area contributed by atoms with Crippen LogP contribution in [0.5, 0.6) is 0 Å². The lowest BCUT2D eigenvalue weighted by molar-refractivity contribution is 0.0664. The first-order valence-corrected chi connectivity index (χ1v) is 8.86. The molecule has 1 amide bonds. The summed E-state index contributed by atoms with van der Waals surface area (Å²) < 4.78 is 0. The van der Waals surface area contributed by atoms with Gasteiger partial charge in [0.05, 0.1) is 5.69 Å². The minimum Gasteiger partial charge on any atom is -0.367 e. The number of piperazine rings is 1. The Kier molecular flexibility index (Phi) is 4.36. The molecule has 1 saturated heterocycles. The van der Waals surface area contributed by atoms with Gasteiger partial charge in [0, 0.05) is 49.4 Å². The van der Waals surface area contributed by atoms with E-state index in [-0.39, 0.29) is 5.91 Å². The molecule has 2 fully saturated rings. The number of hydrogen-bond acceptors (Lipinski definition) is 5. The summed E-state index contributed by atoms with van der Waals surface area (Å²) in [6, 6.07) is 10.2. The molecule has 1 aromatic heterocycles. The molecular weight excluding hydrogens is 314 g/mol. The summed E-state index contributed by atoms with van der Waals surface area (Å²) >= 11 is 0. The van der Waals surface area contributed by atoms with Gasteiger partial charge in [-0.15, -0.1) is 0 Å². The van der Waals surface area contributed by atoms with E-state index in [0.29, 0.717) is 6.04 Å². The van der Waals surface area contributed by atoms with Crippen LogP contribution in [-0.4, -0.2) is 64.9 Å². The number of nitrogens with zero attached hydrogens (tertiary/aromatic N) is 4. The molecule has 0 bridgehead atoms. The molecule has 2 aromatic rings. The average molecular weight is 337 g/mol. The second kappa shape index (κ2) is 6.80. The van der Waals surface area contributed by atoms with Crippen LogP contribution in [0, 0.1) is 0 Å². The largest absolute Gasteiger partial charge is 0.367 e. The summed E-state index contributed by atoms with van der Waals surface area (Å²) in [6.45, 7) is 3.45. The maximum atomic E-state index is 12.6. The third kappa shape index (κ3) is 3.79. The van der Waals surface area contributed by atoms with Crippen LogP contribution in [0.2, 0.25) is 0 Å². The maximum absolute atomic E-state index is 12.6. The molecule has 1 aliphatic carbocycles. The predicted octanol–water partition coefficient (Wildman–Crippen LogP) is 2.11. The van der Waals surface area contributed by atoms with E-state index in [4.69, 9.17) is 0 Å². The van der Waals surface area contributed by atoms with Gasteiger partial charge in [0.25, 0.3) is 5.91 Å². The van der Waals surface area contributed by atoms with Gasteiger partial charge in [0.15, 0.2) is 0 Å². The molecule has 130 valence electrons. The number of nitrogens with one attached hydrogen (secondary N) is 1. The molecule has 0 radical (unpaired) electrons. The van der Waals surface area contributed by atoms with Crippen LogP contribution in [0.1, 0.15) is 23.2 Å². The van der Waals surface area contributed by atoms with E-state index in [1.807, 2.05) is 35.2 Å². The monoisotopic (exact) mass is 337 g/mol. The van der Waals surface area contributed by atoms with Crippen molar-refractivity contribution in [2.45, 2.75) is 18.9 Å². The van der Waals surface area contributed by atoms with Crippen molar-refractivity contribution in [3.63, 3.8) is 0 Å². The molecule has 0 spiro atoms. The SMILES string of the molecule is CN1CCN(C(=O)c2ccc(-c3cc(NC4CC4)ncn3)cc2)CC1. The number of anilines is 1. The predicted molar refractivity (Wildman–Crippen MR) is 97.5 cm³/mol. The van der Waals surface area contributed by atoms with Gasteiger partial charge in [-0.1, -0.05) is 12.1 Å². The zero-order valence-corrected chi connectivity index (χ0v) is 14.5. The Hall–Kier alpha value is -2.47. The van der Waals surface area contributed by atoms with Crippen molar-refractivity contribution in [1.29, 1.82) is 0 Å². The molecule has 6 nitrogen and oxygen atoms in total. The fraction of sp³-hybridized carbons (Fsp3) is 0.421. The number of carbonyl (C=O) groups excluding carboxylic acids is 1. The van der Waals surface area contributed by atoms with Gasteiger partial charge in [-0.2, -0.15) is 0 Å². The first-order chi connectivity index (χ1) is 12.2. The highest BCUT2D eigenvalue weighted by molar-refractivity contribution is 5.94. The minimum absolute atomic E-state index is 0.110. The van der Waals surface area contributed by atoms with Gasteiger partial charge in [-0.05, 0) is 32.0 Å². The van der Waals surface area contributed by atoms with Crippen LogP contribution >= 0.6 is 0 Å². The second-order valence-corrected chi connectivity index (χ2v) is 6.88. The van der Waals surface area contributed by atoms with Gasteiger partial charge in [0.1, 0.15) is 12.1 Å². The van der Waals surface area contributed by atoms with E-state index < -0.39 is 0 Å². The van der Waals surface area contributed by atoms with Crippen molar-refractivity contribution < 1.29 is 4.79 Å². The van der Waals surface area contributed by atoms with E-state index in [2.05, 4.69) is 27.2 Å². The molecule has 1 saturated carbocycles. The van der Waals surface area contributed by atoms with Crippen LogP contribution < -0.4 is 5.32 Å².